The minimum atomic E-state index is -1.34. The van der Waals surface area contributed by atoms with Gasteiger partial charge in [0.15, 0.2) is 0 Å². The molecule has 2 aromatic carbocycles. The van der Waals surface area contributed by atoms with Crippen molar-refractivity contribution in [2.24, 2.45) is 0 Å². The second-order valence-corrected chi connectivity index (χ2v) is 12.3. The molecule has 0 aromatic heterocycles. The third-order valence-electron chi connectivity index (χ3n) is 4.52. The van der Waals surface area contributed by atoms with Gasteiger partial charge in [0.1, 0.15) is 0 Å². The van der Waals surface area contributed by atoms with Crippen LogP contribution in [0.3, 0.4) is 0 Å². The van der Waals surface area contributed by atoms with E-state index in [9.17, 15) is 0 Å². The highest BCUT2D eigenvalue weighted by atomic mass is 28.3. The average Bonchev–Trinajstić information content (AvgIpc) is 3.04. The lowest BCUT2D eigenvalue weighted by Crippen LogP contribution is -2.35. The quantitative estimate of drug-likeness (QED) is 0.624. The molecule has 117 valence electrons. The minimum Gasteiger partial charge on any atom is -0.0691 e. The zero-order chi connectivity index (χ0) is 16.3. The zero-order valence-electron chi connectivity index (χ0n) is 14.3. The van der Waals surface area contributed by atoms with Crippen molar-refractivity contribution in [1.82, 2.24) is 0 Å². The molecular formula is C22H25Si. The van der Waals surface area contributed by atoms with Crippen molar-refractivity contribution in [3.8, 4) is 0 Å². The molecule has 0 spiro atoms. The fourth-order valence-electron chi connectivity index (χ4n) is 3.36. The lowest BCUT2D eigenvalue weighted by atomic mass is 9.80. The second kappa shape index (κ2) is 7.05. The third-order valence-corrected chi connectivity index (χ3v) is 6.59. The van der Waals surface area contributed by atoms with Crippen molar-refractivity contribution in [1.29, 1.82) is 0 Å². The highest BCUT2D eigenvalue weighted by Gasteiger charge is 2.42. The summed E-state index contributed by atoms with van der Waals surface area (Å²) in [5.74, 6) is 1.97. The van der Waals surface area contributed by atoms with Crippen molar-refractivity contribution < 1.29 is 0 Å². The molecular weight excluding hydrogens is 292 g/mol. The third kappa shape index (κ3) is 3.95. The summed E-state index contributed by atoms with van der Waals surface area (Å²) >= 11 is 0. The van der Waals surface area contributed by atoms with Gasteiger partial charge in [-0.05, 0) is 54.2 Å². The van der Waals surface area contributed by atoms with E-state index in [1.807, 2.05) is 0 Å². The molecule has 2 aromatic rings. The van der Waals surface area contributed by atoms with E-state index < -0.39 is 8.07 Å². The van der Waals surface area contributed by atoms with Gasteiger partial charge in [0, 0.05) is 0 Å². The van der Waals surface area contributed by atoms with Crippen molar-refractivity contribution >= 4 is 8.07 Å². The monoisotopic (exact) mass is 317 g/mol. The van der Waals surface area contributed by atoms with Crippen LogP contribution >= 0.6 is 0 Å². The van der Waals surface area contributed by atoms with Crippen LogP contribution in [0.1, 0.15) is 17.0 Å². The van der Waals surface area contributed by atoms with Crippen LogP contribution in [-0.2, 0) is 6.42 Å². The predicted molar refractivity (Wildman–Crippen MR) is 102 cm³/mol. The Kier molecular flexibility index (Phi) is 5.06. The summed E-state index contributed by atoms with van der Waals surface area (Å²) in [6, 6.07) is 21.8. The smallest absolute Gasteiger partial charge is 0.0521 e. The summed E-state index contributed by atoms with van der Waals surface area (Å²) in [5.41, 5.74) is 4.42. The van der Waals surface area contributed by atoms with Crippen molar-refractivity contribution in [2.45, 2.75) is 32.0 Å². The van der Waals surface area contributed by atoms with Gasteiger partial charge in [-0.15, -0.1) is 0 Å². The summed E-state index contributed by atoms with van der Waals surface area (Å²) in [7, 11) is -1.34. The topological polar surface area (TPSA) is 0 Å². The maximum Gasteiger partial charge on any atom is 0.0521 e. The predicted octanol–water partition coefficient (Wildman–Crippen LogP) is 5.67. The first kappa shape index (κ1) is 16.5. The average molecular weight is 318 g/mol. The van der Waals surface area contributed by atoms with Crippen LogP contribution < -0.4 is 0 Å². The molecule has 0 saturated heterocycles. The molecule has 23 heavy (non-hydrogen) atoms. The van der Waals surface area contributed by atoms with Gasteiger partial charge in [-0.25, -0.2) is 0 Å². The lowest BCUT2D eigenvalue weighted by Gasteiger charge is -2.35. The Balaban J connectivity index is 1.92. The van der Waals surface area contributed by atoms with Gasteiger partial charge >= 0.3 is 0 Å². The molecule has 0 unspecified atom stereocenters. The second-order valence-electron chi connectivity index (χ2n) is 7.30. The number of hydrogen-bond acceptors (Lipinski definition) is 0. The zero-order valence-corrected chi connectivity index (χ0v) is 15.3. The fraction of sp³-hybridized carbons (Fsp3) is 0.227. The van der Waals surface area contributed by atoms with Crippen molar-refractivity contribution in [3.05, 3.63) is 103 Å². The number of benzene rings is 2. The van der Waals surface area contributed by atoms with Crippen molar-refractivity contribution in [3.63, 3.8) is 0 Å². The summed E-state index contributed by atoms with van der Waals surface area (Å²) in [4.78, 5) is 0. The van der Waals surface area contributed by atoms with E-state index in [-0.39, 0.29) is 0 Å². The summed E-state index contributed by atoms with van der Waals surface area (Å²) in [6.45, 7) is 7.32. The Morgan fingerprint density at radius 1 is 0.783 bits per heavy atom. The molecule has 0 N–H and O–H groups in total. The van der Waals surface area contributed by atoms with E-state index in [0.717, 1.165) is 6.42 Å². The van der Waals surface area contributed by atoms with E-state index in [2.05, 4.69) is 99.6 Å². The molecule has 0 bridgehead atoms. The van der Waals surface area contributed by atoms with E-state index in [0.29, 0.717) is 5.92 Å². The van der Waals surface area contributed by atoms with Crippen LogP contribution in [0.25, 0.3) is 0 Å². The van der Waals surface area contributed by atoms with E-state index in [4.69, 9.17) is 0 Å². The fourth-order valence-corrected chi connectivity index (χ4v) is 5.08. The minimum absolute atomic E-state index is 0.440. The standard InChI is InChI=1S/C22H25Si/c1-23(2,3)22-16-10-15-20(22)21(19-13-8-5-9-14-19)17-18-11-6-4-7-12-18/h4-16,21H,17H2,1-3H3/t21-/m1/s1. The SMILES string of the molecule is C[Si](C)(C)[C]1[CH][CH][CH][C]1[C@H](Cc1ccccc1)c1ccccc1. The molecule has 1 saturated carbocycles. The molecule has 1 aliphatic carbocycles. The molecule has 0 aliphatic heterocycles. The Labute approximate surface area is 143 Å². The Bertz CT molecular complexity index is 597. The number of hydrogen-bond donors (Lipinski definition) is 0. The van der Waals surface area contributed by atoms with Crippen molar-refractivity contribution in [2.75, 3.05) is 0 Å². The molecule has 3 rings (SSSR count). The van der Waals surface area contributed by atoms with Gasteiger partial charge in [-0.1, -0.05) is 80.3 Å². The number of rotatable bonds is 5. The molecule has 5 radical (unpaired) electrons. The van der Waals surface area contributed by atoms with Crippen LogP contribution in [-0.4, -0.2) is 8.07 Å². The lowest BCUT2D eigenvalue weighted by molar-refractivity contribution is 0.725. The molecule has 1 aliphatic rings. The van der Waals surface area contributed by atoms with Gasteiger partial charge in [0.2, 0.25) is 0 Å². The van der Waals surface area contributed by atoms with E-state index >= 15 is 0 Å². The van der Waals surface area contributed by atoms with E-state index in [1.54, 1.807) is 5.54 Å². The first-order chi connectivity index (χ1) is 11.1. The van der Waals surface area contributed by atoms with Gasteiger partial charge < -0.3 is 0 Å². The molecule has 0 nitrogen and oxygen atoms in total. The maximum absolute atomic E-state index is 2.44. The Morgan fingerprint density at radius 3 is 2.00 bits per heavy atom. The summed E-state index contributed by atoms with van der Waals surface area (Å²) in [6.07, 6.45) is 7.99. The first-order valence-electron chi connectivity index (χ1n) is 8.40. The van der Waals surface area contributed by atoms with E-state index in [1.165, 1.54) is 17.0 Å². The maximum atomic E-state index is 2.44. The molecule has 1 heteroatoms. The summed E-state index contributed by atoms with van der Waals surface area (Å²) < 4.78 is 0. The Hall–Kier alpha value is -1.34. The molecule has 0 heterocycles. The highest BCUT2D eigenvalue weighted by Crippen LogP contribution is 2.48. The highest BCUT2D eigenvalue weighted by molar-refractivity contribution is 6.82. The van der Waals surface area contributed by atoms with Gasteiger partial charge in [0.25, 0.3) is 0 Å². The van der Waals surface area contributed by atoms with Gasteiger partial charge in [-0.3, -0.25) is 0 Å². The van der Waals surface area contributed by atoms with Gasteiger partial charge in [-0.2, -0.15) is 0 Å². The van der Waals surface area contributed by atoms with Crippen LogP contribution in [0.4, 0.5) is 0 Å². The molecule has 0 amide bonds. The van der Waals surface area contributed by atoms with Crippen LogP contribution in [0.5, 0.6) is 0 Å². The molecule has 1 fully saturated rings. The van der Waals surface area contributed by atoms with Crippen LogP contribution in [0, 0.1) is 30.7 Å². The summed E-state index contributed by atoms with van der Waals surface area (Å²) in [5, 5.41) is 0. The van der Waals surface area contributed by atoms with Crippen LogP contribution in [0.15, 0.2) is 60.7 Å². The normalized spacial score (nSPS) is 18.2. The molecule has 1 atom stereocenters. The Morgan fingerprint density at radius 2 is 1.39 bits per heavy atom. The largest absolute Gasteiger partial charge is 0.0691 e. The first-order valence-corrected chi connectivity index (χ1v) is 11.9. The van der Waals surface area contributed by atoms with Gasteiger partial charge in [0.05, 0.1) is 8.07 Å². The van der Waals surface area contributed by atoms with Crippen LogP contribution in [0.2, 0.25) is 19.6 Å².